The van der Waals surface area contributed by atoms with Crippen molar-refractivity contribution < 1.29 is 9.53 Å². The van der Waals surface area contributed by atoms with Gasteiger partial charge in [0.1, 0.15) is 5.75 Å². The zero-order valence-corrected chi connectivity index (χ0v) is 13.8. The number of nitrogens with zero attached hydrogens (tertiary/aromatic N) is 1. The number of hydrogen-bond donors (Lipinski definition) is 0. The Morgan fingerprint density at radius 2 is 2.00 bits per heavy atom. The average molecular weight is 310 g/mol. The Kier molecular flexibility index (Phi) is 5.15. The van der Waals surface area contributed by atoms with Gasteiger partial charge in [0, 0.05) is 17.6 Å². The van der Waals surface area contributed by atoms with Crippen LogP contribution in [0.25, 0.3) is 0 Å². The number of benzene rings is 1. The van der Waals surface area contributed by atoms with Gasteiger partial charge < -0.3 is 9.64 Å². The Hall–Kier alpha value is -1.22. The van der Waals surface area contributed by atoms with Crippen molar-refractivity contribution in [2.45, 2.75) is 58.1 Å². The lowest BCUT2D eigenvalue weighted by atomic mass is 9.97. The molecule has 1 aliphatic heterocycles. The summed E-state index contributed by atoms with van der Waals surface area (Å²) in [5.74, 6) is 0.742. The molecule has 1 saturated heterocycles. The van der Waals surface area contributed by atoms with Gasteiger partial charge in [-0.2, -0.15) is 0 Å². The first kappa shape index (κ1) is 16.2. The Labute approximate surface area is 132 Å². The summed E-state index contributed by atoms with van der Waals surface area (Å²) in [6, 6.07) is 7.48. The van der Waals surface area contributed by atoms with E-state index in [0.717, 1.165) is 25.8 Å². The monoisotopic (exact) mass is 309 g/mol. The second-order valence-electron chi connectivity index (χ2n) is 6.12. The van der Waals surface area contributed by atoms with Crippen molar-refractivity contribution >= 4 is 17.5 Å². The van der Waals surface area contributed by atoms with E-state index >= 15 is 0 Å². The highest BCUT2D eigenvalue weighted by atomic mass is 35.5. The molecule has 0 aliphatic carbocycles. The summed E-state index contributed by atoms with van der Waals surface area (Å²) < 4.78 is 5.91. The maximum Gasteiger partial charge on any atom is 0.266 e. The average Bonchev–Trinajstić information content (AvgIpc) is 2.48. The molecule has 2 rings (SSSR count). The van der Waals surface area contributed by atoms with Crippen LogP contribution < -0.4 is 4.74 Å². The number of rotatable bonds is 4. The predicted molar refractivity (Wildman–Crippen MR) is 85.8 cm³/mol. The number of hydrogen-bond acceptors (Lipinski definition) is 2. The normalized spacial score (nSPS) is 19.4. The fraction of sp³-hybridized carbons (Fsp3) is 0.588. The molecule has 1 aliphatic rings. The lowest BCUT2D eigenvalue weighted by Crippen LogP contribution is -2.54. The number of likely N-dealkylation sites (tertiary alicyclic amines) is 1. The molecule has 1 unspecified atom stereocenters. The van der Waals surface area contributed by atoms with Gasteiger partial charge in [0.15, 0.2) is 5.60 Å². The summed E-state index contributed by atoms with van der Waals surface area (Å²) in [7, 11) is 0. The van der Waals surface area contributed by atoms with E-state index in [4.69, 9.17) is 16.3 Å². The Morgan fingerprint density at radius 1 is 1.33 bits per heavy atom. The molecule has 0 saturated carbocycles. The highest BCUT2D eigenvalue weighted by Gasteiger charge is 2.37. The molecule has 0 N–H and O–H groups in total. The molecule has 4 heteroatoms. The van der Waals surface area contributed by atoms with E-state index in [1.165, 1.54) is 6.42 Å². The van der Waals surface area contributed by atoms with E-state index in [9.17, 15) is 4.79 Å². The molecule has 1 atom stereocenters. The molecule has 3 nitrogen and oxygen atoms in total. The third kappa shape index (κ3) is 3.91. The summed E-state index contributed by atoms with van der Waals surface area (Å²) in [6.07, 6.45) is 4.39. The fourth-order valence-corrected chi connectivity index (χ4v) is 3.01. The third-order valence-corrected chi connectivity index (χ3v) is 4.31. The van der Waals surface area contributed by atoms with Crippen LogP contribution in [0.4, 0.5) is 0 Å². The van der Waals surface area contributed by atoms with Crippen LogP contribution in [0, 0.1) is 0 Å². The first-order valence-electron chi connectivity index (χ1n) is 7.69. The van der Waals surface area contributed by atoms with E-state index in [1.54, 1.807) is 24.3 Å². The summed E-state index contributed by atoms with van der Waals surface area (Å²) in [6.45, 7) is 6.66. The van der Waals surface area contributed by atoms with Crippen LogP contribution in [0.1, 0.15) is 46.5 Å². The molecule has 1 fully saturated rings. The summed E-state index contributed by atoms with van der Waals surface area (Å²) in [5, 5.41) is 0.661. The van der Waals surface area contributed by atoms with Crippen molar-refractivity contribution in [1.29, 1.82) is 0 Å². The van der Waals surface area contributed by atoms with Gasteiger partial charge in [0.25, 0.3) is 5.91 Å². The maximum absolute atomic E-state index is 12.8. The van der Waals surface area contributed by atoms with Gasteiger partial charge in [-0.05, 0) is 63.8 Å². The maximum atomic E-state index is 12.8. The molecule has 21 heavy (non-hydrogen) atoms. The highest BCUT2D eigenvalue weighted by Crippen LogP contribution is 2.26. The summed E-state index contributed by atoms with van der Waals surface area (Å²) >= 11 is 5.87. The molecule has 1 heterocycles. The van der Waals surface area contributed by atoms with Crippen molar-refractivity contribution in [2.75, 3.05) is 6.54 Å². The highest BCUT2D eigenvalue weighted by molar-refractivity contribution is 6.30. The van der Waals surface area contributed by atoms with Crippen molar-refractivity contribution in [2.24, 2.45) is 0 Å². The Balaban J connectivity index is 2.10. The minimum atomic E-state index is -0.863. The van der Waals surface area contributed by atoms with Crippen LogP contribution in [-0.4, -0.2) is 29.0 Å². The third-order valence-electron chi connectivity index (χ3n) is 4.06. The SMILES string of the molecule is CCC1CCCCN1C(=O)C(C)(C)Oc1ccc(Cl)cc1. The smallest absolute Gasteiger partial charge is 0.266 e. The molecule has 1 amide bonds. The van der Waals surface area contributed by atoms with Gasteiger partial charge in [-0.15, -0.1) is 0 Å². The van der Waals surface area contributed by atoms with Crippen molar-refractivity contribution in [3.63, 3.8) is 0 Å². The summed E-state index contributed by atoms with van der Waals surface area (Å²) in [4.78, 5) is 14.8. The first-order valence-corrected chi connectivity index (χ1v) is 8.07. The van der Waals surface area contributed by atoms with E-state index in [1.807, 2.05) is 18.7 Å². The second kappa shape index (κ2) is 6.69. The van der Waals surface area contributed by atoms with Crippen LogP contribution in [0.2, 0.25) is 5.02 Å². The number of ether oxygens (including phenoxy) is 1. The van der Waals surface area contributed by atoms with Gasteiger partial charge >= 0.3 is 0 Å². The number of amides is 1. The van der Waals surface area contributed by atoms with Crippen LogP contribution in [0.5, 0.6) is 5.75 Å². The van der Waals surface area contributed by atoms with Gasteiger partial charge in [-0.25, -0.2) is 0 Å². The van der Waals surface area contributed by atoms with Gasteiger partial charge in [0.05, 0.1) is 0 Å². The molecule has 1 aromatic rings. The zero-order chi connectivity index (χ0) is 15.5. The van der Waals surface area contributed by atoms with E-state index in [-0.39, 0.29) is 5.91 Å². The van der Waals surface area contributed by atoms with Crippen LogP contribution in [-0.2, 0) is 4.79 Å². The number of piperidine rings is 1. The topological polar surface area (TPSA) is 29.5 Å². The lowest BCUT2D eigenvalue weighted by Gasteiger charge is -2.40. The zero-order valence-electron chi connectivity index (χ0n) is 13.1. The summed E-state index contributed by atoms with van der Waals surface area (Å²) in [5.41, 5.74) is -0.863. The van der Waals surface area contributed by atoms with Crippen molar-refractivity contribution in [3.05, 3.63) is 29.3 Å². The molecule has 0 aromatic heterocycles. The number of carbonyl (C=O) groups is 1. The fourth-order valence-electron chi connectivity index (χ4n) is 2.88. The van der Waals surface area contributed by atoms with Gasteiger partial charge in [-0.3, -0.25) is 4.79 Å². The standard InChI is InChI=1S/C17H24ClNO2/c1-4-14-7-5-6-12-19(14)16(20)17(2,3)21-15-10-8-13(18)9-11-15/h8-11,14H,4-7,12H2,1-3H3. The molecule has 0 radical (unpaired) electrons. The predicted octanol–water partition coefficient (Wildman–Crippen LogP) is 4.29. The molecule has 116 valence electrons. The molecular weight excluding hydrogens is 286 g/mol. The molecule has 1 aromatic carbocycles. The quantitative estimate of drug-likeness (QED) is 0.830. The van der Waals surface area contributed by atoms with Crippen LogP contribution in [0.3, 0.4) is 0 Å². The molecule has 0 spiro atoms. The van der Waals surface area contributed by atoms with Gasteiger partial charge in [-0.1, -0.05) is 18.5 Å². The Bertz CT molecular complexity index is 484. The van der Waals surface area contributed by atoms with Crippen molar-refractivity contribution in [1.82, 2.24) is 4.90 Å². The largest absolute Gasteiger partial charge is 0.478 e. The lowest BCUT2D eigenvalue weighted by molar-refractivity contribution is -0.149. The molecule has 0 bridgehead atoms. The van der Waals surface area contributed by atoms with Gasteiger partial charge in [0.2, 0.25) is 0 Å². The minimum Gasteiger partial charge on any atom is -0.478 e. The molecular formula is C17H24ClNO2. The van der Waals surface area contributed by atoms with Crippen molar-refractivity contribution in [3.8, 4) is 5.75 Å². The Morgan fingerprint density at radius 3 is 2.62 bits per heavy atom. The van der Waals surface area contributed by atoms with E-state index in [0.29, 0.717) is 16.8 Å². The van der Waals surface area contributed by atoms with E-state index in [2.05, 4.69) is 6.92 Å². The van der Waals surface area contributed by atoms with E-state index < -0.39 is 5.60 Å². The number of halogens is 1. The minimum absolute atomic E-state index is 0.0731. The first-order chi connectivity index (χ1) is 9.94. The van der Waals surface area contributed by atoms with Crippen LogP contribution >= 0.6 is 11.6 Å². The van der Waals surface area contributed by atoms with Crippen LogP contribution in [0.15, 0.2) is 24.3 Å². The number of carbonyl (C=O) groups excluding carboxylic acids is 1. The second-order valence-corrected chi connectivity index (χ2v) is 6.56.